The van der Waals surface area contributed by atoms with Gasteiger partial charge in [-0.3, -0.25) is 0 Å². The highest BCUT2D eigenvalue weighted by molar-refractivity contribution is 5.91. The van der Waals surface area contributed by atoms with E-state index in [0.717, 1.165) is 34.9 Å². The molecule has 1 aromatic carbocycles. The van der Waals surface area contributed by atoms with E-state index in [9.17, 15) is 0 Å². The number of aromatic nitrogens is 2. The molecule has 5 heteroatoms. The molecule has 1 aliphatic rings. The van der Waals surface area contributed by atoms with E-state index in [4.69, 9.17) is 10.5 Å². The van der Waals surface area contributed by atoms with Crippen LogP contribution in [0.4, 0.5) is 11.5 Å². The maximum Gasteiger partial charge on any atom is 0.140 e. The molecule has 0 spiro atoms. The average Bonchev–Trinajstić information content (AvgIpc) is 3.31. The minimum atomic E-state index is 0.468. The Bertz CT molecular complexity index is 627. The summed E-state index contributed by atoms with van der Waals surface area (Å²) in [5.41, 5.74) is 7.48. The lowest BCUT2D eigenvalue weighted by Crippen LogP contribution is -2.38. The first-order valence-corrected chi connectivity index (χ1v) is 7.46. The van der Waals surface area contributed by atoms with Gasteiger partial charge in [-0.15, -0.1) is 0 Å². The van der Waals surface area contributed by atoms with Crippen LogP contribution in [0.15, 0.2) is 24.5 Å². The summed E-state index contributed by atoms with van der Waals surface area (Å²) in [5.74, 6) is 1.75. The molecular weight excluding hydrogens is 264 g/mol. The van der Waals surface area contributed by atoms with Gasteiger partial charge in [0.2, 0.25) is 0 Å². The van der Waals surface area contributed by atoms with E-state index in [1.165, 1.54) is 12.8 Å². The lowest BCUT2D eigenvalue weighted by Gasteiger charge is -2.31. The molecule has 112 valence electrons. The van der Waals surface area contributed by atoms with Crippen molar-refractivity contribution in [3.8, 4) is 0 Å². The van der Waals surface area contributed by atoms with Gasteiger partial charge in [0.25, 0.3) is 0 Å². The summed E-state index contributed by atoms with van der Waals surface area (Å²) in [6.45, 7) is 3.81. The second-order valence-corrected chi connectivity index (χ2v) is 5.74. The Morgan fingerprint density at radius 3 is 2.90 bits per heavy atom. The molecule has 1 fully saturated rings. The number of rotatable bonds is 6. The molecule has 3 rings (SSSR count). The number of ether oxygens (including phenoxy) is 1. The molecule has 1 aromatic heterocycles. The predicted octanol–water partition coefficient (Wildman–Crippen LogP) is 2.46. The van der Waals surface area contributed by atoms with Crippen LogP contribution >= 0.6 is 0 Å². The van der Waals surface area contributed by atoms with E-state index < -0.39 is 0 Å². The Hall–Kier alpha value is -1.88. The van der Waals surface area contributed by atoms with Crippen LogP contribution < -0.4 is 10.6 Å². The van der Waals surface area contributed by atoms with Gasteiger partial charge in [-0.05, 0) is 43.9 Å². The molecule has 0 radical (unpaired) electrons. The molecule has 5 nitrogen and oxygen atoms in total. The van der Waals surface area contributed by atoms with Gasteiger partial charge in [-0.2, -0.15) is 0 Å². The molecule has 1 aliphatic carbocycles. The van der Waals surface area contributed by atoms with Crippen LogP contribution in [0.1, 0.15) is 19.8 Å². The number of nitrogens with two attached hydrogens (primary N) is 1. The third-order valence-corrected chi connectivity index (χ3v) is 4.24. The van der Waals surface area contributed by atoms with Gasteiger partial charge in [0.1, 0.15) is 12.1 Å². The van der Waals surface area contributed by atoms with Gasteiger partial charge < -0.3 is 15.4 Å². The summed E-state index contributed by atoms with van der Waals surface area (Å²) in [7, 11) is 1.73. The first kappa shape index (κ1) is 14.1. The predicted molar refractivity (Wildman–Crippen MR) is 85.4 cm³/mol. The number of fused-ring (bicyclic) bond motifs is 1. The summed E-state index contributed by atoms with van der Waals surface area (Å²) in [4.78, 5) is 11.2. The zero-order chi connectivity index (χ0) is 14.8. The molecule has 1 heterocycles. The van der Waals surface area contributed by atoms with Crippen LogP contribution in [0.25, 0.3) is 10.9 Å². The van der Waals surface area contributed by atoms with Crippen molar-refractivity contribution in [2.24, 2.45) is 5.92 Å². The Morgan fingerprint density at radius 1 is 1.38 bits per heavy atom. The number of hydrogen-bond donors (Lipinski definition) is 1. The van der Waals surface area contributed by atoms with E-state index >= 15 is 0 Å². The van der Waals surface area contributed by atoms with Gasteiger partial charge in [0.05, 0.1) is 12.1 Å². The van der Waals surface area contributed by atoms with Crippen LogP contribution in [0.2, 0.25) is 0 Å². The molecular formula is C16H22N4O. The Balaban J connectivity index is 2.01. The Labute approximate surface area is 125 Å². The topological polar surface area (TPSA) is 64.3 Å². The zero-order valence-electron chi connectivity index (χ0n) is 12.6. The molecule has 0 saturated heterocycles. The summed E-state index contributed by atoms with van der Waals surface area (Å²) in [6, 6.07) is 6.29. The van der Waals surface area contributed by atoms with Gasteiger partial charge in [-0.1, -0.05) is 0 Å². The molecule has 2 N–H and O–H groups in total. The third kappa shape index (κ3) is 2.93. The Kier molecular flexibility index (Phi) is 3.92. The fraction of sp³-hybridized carbons (Fsp3) is 0.500. The van der Waals surface area contributed by atoms with Crippen molar-refractivity contribution < 1.29 is 4.74 Å². The fourth-order valence-electron chi connectivity index (χ4n) is 2.81. The molecule has 1 unspecified atom stereocenters. The Morgan fingerprint density at radius 2 is 2.19 bits per heavy atom. The number of methoxy groups -OCH3 is 1. The van der Waals surface area contributed by atoms with Crippen molar-refractivity contribution in [1.82, 2.24) is 9.97 Å². The average molecular weight is 286 g/mol. The van der Waals surface area contributed by atoms with Gasteiger partial charge in [-0.25, -0.2) is 9.97 Å². The highest BCUT2D eigenvalue weighted by atomic mass is 16.5. The summed E-state index contributed by atoms with van der Waals surface area (Å²) < 4.78 is 5.27. The van der Waals surface area contributed by atoms with Crippen LogP contribution in [0.3, 0.4) is 0 Å². The quantitative estimate of drug-likeness (QED) is 0.826. The number of nitrogen functional groups attached to an aromatic ring is 1. The van der Waals surface area contributed by atoms with Crippen molar-refractivity contribution in [3.05, 3.63) is 24.5 Å². The normalized spacial score (nSPS) is 16.1. The summed E-state index contributed by atoms with van der Waals surface area (Å²) in [6.07, 6.45) is 4.23. The zero-order valence-corrected chi connectivity index (χ0v) is 12.6. The second-order valence-electron chi connectivity index (χ2n) is 5.74. The second kappa shape index (κ2) is 5.85. The van der Waals surface area contributed by atoms with Gasteiger partial charge in [0, 0.05) is 30.8 Å². The molecule has 1 saturated carbocycles. The van der Waals surface area contributed by atoms with Crippen LogP contribution in [0, 0.1) is 5.92 Å². The van der Waals surface area contributed by atoms with E-state index in [-0.39, 0.29) is 0 Å². The monoisotopic (exact) mass is 286 g/mol. The van der Waals surface area contributed by atoms with E-state index in [1.807, 2.05) is 18.2 Å². The number of benzene rings is 1. The van der Waals surface area contributed by atoms with E-state index in [2.05, 4.69) is 21.8 Å². The highest BCUT2D eigenvalue weighted by Crippen LogP contribution is 2.37. The highest BCUT2D eigenvalue weighted by Gasteiger charge is 2.33. The smallest absolute Gasteiger partial charge is 0.140 e. The standard InChI is InChI=1S/C16H22N4O/c1-11(12-3-4-12)20(7-8-21-2)16-14-6-5-13(17)9-15(14)18-10-19-16/h5-6,9-12H,3-4,7-8,17H2,1-2H3. The van der Waals surface area contributed by atoms with Gasteiger partial charge >= 0.3 is 0 Å². The number of nitrogens with zero attached hydrogens (tertiary/aromatic N) is 3. The van der Waals surface area contributed by atoms with Crippen LogP contribution in [-0.2, 0) is 4.74 Å². The maximum atomic E-state index is 5.85. The van der Waals surface area contributed by atoms with E-state index in [1.54, 1.807) is 13.4 Å². The van der Waals surface area contributed by atoms with Crippen LogP contribution in [-0.4, -0.2) is 36.3 Å². The third-order valence-electron chi connectivity index (χ3n) is 4.24. The largest absolute Gasteiger partial charge is 0.399 e. The molecule has 0 aliphatic heterocycles. The summed E-state index contributed by atoms with van der Waals surface area (Å²) >= 11 is 0. The number of hydrogen-bond acceptors (Lipinski definition) is 5. The first-order valence-electron chi connectivity index (χ1n) is 7.46. The first-order chi connectivity index (χ1) is 10.2. The minimum absolute atomic E-state index is 0.468. The lowest BCUT2D eigenvalue weighted by molar-refractivity contribution is 0.202. The van der Waals surface area contributed by atoms with Crippen LogP contribution in [0.5, 0.6) is 0 Å². The lowest BCUT2D eigenvalue weighted by atomic mass is 10.1. The minimum Gasteiger partial charge on any atom is -0.399 e. The van der Waals surface area contributed by atoms with Crippen molar-refractivity contribution in [2.45, 2.75) is 25.8 Å². The SMILES string of the molecule is COCCN(c1ncnc2cc(N)ccc12)C(C)C1CC1. The van der Waals surface area contributed by atoms with Crippen molar-refractivity contribution >= 4 is 22.4 Å². The molecule has 2 aromatic rings. The van der Waals surface area contributed by atoms with E-state index in [0.29, 0.717) is 12.6 Å². The fourth-order valence-corrected chi connectivity index (χ4v) is 2.81. The molecule has 21 heavy (non-hydrogen) atoms. The maximum absolute atomic E-state index is 5.85. The molecule has 1 atom stereocenters. The molecule has 0 bridgehead atoms. The summed E-state index contributed by atoms with van der Waals surface area (Å²) in [5, 5.41) is 1.05. The van der Waals surface area contributed by atoms with Crippen molar-refractivity contribution in [1.29, 1.82) is 0 Å². The van der Waals surface area contributed by atoms with Crippen molar-refractivity contribution in [3.63, 3.8) is 0 Å². The van der Waals surface area contributed by atoms with Gasteiger partial charge in [0.15, 0.2) is 0 Å². The van der Waals surface area contributed by atoms with Crippen molar-refractivity contribution in [2.75, 3.05) is 30.9 Å². The molecule has 0 amide bonds. The number of anilines is 2.